The van der Waals surface area contributed by atoms with Gasteiger partial charge in [0.15, 0.2) is 0 Å². The Balaban J connectivity index is 1.91. The molecule has 134 valence electrons. The van der Waals surface area contributed by atoms with Gasteiger partial charge >= 0.3 is 0 Å². The van der Waals surface area contributed by atoms with Gasteiger partial charge < -0.3 is 5.32 Å². The Morgan fingerprint density at radius 3 is 2.21 bits per heavy atom. The van der Waals surface area contributed by atoms with Gasteiger partial charge in [-0.2, -0.15) is 4.31 Å². The first kappa shape index (κ1) is 19.8. The van der Waals surface area contributed by atoms with E-state index < -0.39 is 10.0 Å². The molecule has 0 aromatic heterocycles. The maximum Gasteiger partial charge on any atom is 0.238 e. The van der Waals surface area contributed by atoms with Crippen molar-refractivity contribution in [3.63, 3.8) is 0 Å². The van der Waals surface area contributed by atoms with Crippen LogP contribution < -0.4 is 5.32 Å². The first-order valence-corrected chi connectivity index (χ1v) is 10.9. The van der Waals surface area contributed by atoms with Crippen LogP contribution in [0, 0.1) is 6.92 Å². The Morgan fingerprint density at radius 2 is 1.71 bits per heavy atom. The molecule has 1 saturated heterocycles. The second kappa shape index (κ2) is 8.27. The van der Waals surface area contributed by atoms with Crippen molar-refractivity contribution in [3.05, 3.63) is 26.6 Å². The zero-order chi connectivity index (χ0) is 17.9. The van der Waals surface area contributed by atoms with E-state index >= 15 is 0 Å². The highest BCUT2D eigenvalue weighted by molar-refractivity contribution is 9.11. The van der Waals surface area contributed by atoms with Crippen molar-refractivity contribution in [2.24, 2.45) is 0 Å². The van der Waals surface area contributed by atoms with Crippen LogP contribution in [0.25, 0.3) is 0 Å². The molecular formula is C15H21Br2N3O3S. The number of hydrogen-bond acceptors (Lipinski definition) is 4. The molecule has 0 saturated carbocycles. The molecule has 1 aromatic carbocycles. The number of nitrogens with zero attached hydrogens (tertiary/aromatic N) is 2. The van der Waals surface area contributed by atoms with Crippen molar-refractivity contribution in [2.75, 3.05) is 43.8 Å². The average molecular weight is 483 g/mol. The number of hydrogen-bond donors (Lipinski definition) is 1. The minimum atomic E-state index is -3.14. The molecule has 24 heavy (non-hydrogen) atoms. The first-order chi connectivity index (χ1) is 11.2. The van der Waals surface area contributed by atoms with Gasteiger partial charge in [0.05, 0.1) is 18.0 Å². The molecule has 0 radical (unpaired) electrons. The summed E-state index contributed by atoms with van der Waals surface area (Å²) in [4.78, 5) is 14.2. The number of rotatable bonds is 5. The summed E-state index contributed by atoms with van der Waals surface area (Å²) in [5.74, 6) is -0.00442. The van der Waals surface area contributed by atoms with E-state index in [2.05, 4.69) is 37.2 Å². The molecule has 1 fully saturated rings. The summed E-state index contributed by atoms with van der Waals surface area (Å²) >= 11 is 6.92. The van der Waals surface area contributed by atoms with Gasteiger partial charge in [-0.3, -0.25) is 9.69 Å². The standard InChI is InChI=1S/C15H21Br2N3O3S/c1-3-24(22,23)20-6-4-19(5-7-20)10-14(21)18-15-12(16)8-11(2)9-13(15)17/h8-9H,3-7,10H2,1-2H3,(H,18,21). The molecule has 1 N–H and O–H groups in total. The normalized spacial score (nSPS) is 17.0. The van der Waals surface area contributed by atoms with E-state index in [0.29, 0.717) is 31.9 Å². The molecule has 0 bridgehead atoms. The third-order valence-electron chi connectivity index (χ3n) is 3.91. The zero-order valence-electron chi connectivity index (χ0n) is 13.7. The highest BCUT2D eigenvalue weighted by atomic mass is 79.9. The van der Waals surface area contributed by atoms with E-state index in [1.54, 1.807) is 6.92 Å². The van der Waals surface area contributed by atoms with Gasteiger partial charge in [0.25, 0.3) is 0 Å². The fourth-order valence-electron chi connectivity index (χ4n) is 2.55. The largest absolute Gasteiger partial charge is 0.323 e. The quantitative estimate of drug-likeness (QED) is 0.699. The van der Waals surface area contributed by atoms with Crippen LogP contribution in [-0.4, -0.2) is 62.0 Å². The van der Waals surface area contributed by atoms with Crippen LogP contribution >= 0.6 is 31.9 Å². The van der Waals surface area contributed by atoms with E-state index in [-0.39, 0.29) is 18.2 Å². The smallest absolute Gasteiger partial charge is 0.238 e. The molecule has 0 spiro atoms. The Bertz CT molecular complexity index is 694. The lowest BCUT2D eigenvalue weighted by molar-refractivity contribution is -0.117. The lowest BCUT2D eigenvalue weighted by atomic mass is 10.2. The molecule has 0 unspecified atom stereocenters. The van der Waals surface area contributed by atoms with Gasteiger partial charge in [-0.05, 0) is 63.4 Å². The molecule has 1 amide bonds. The second-order valence-corrected chi connectivity index (χ2v) is 9.69. The Kier molecular flexibility index (Phi) is 6.83. The van der Waals surface area contributed by atoms with Crippen LogP contribution in [0.15, 0.2) is 21.1 Å². The summed E-state index contributed by atoms with van der Waals surface area (Å²) < 4.78 is 26.8. The predicted molar refractivity (Wildman–Crippen MR) is 103 cm³/mol. The summed E-state index contributed by atoms with van der Waals surface area (Å²) in [7, 11) is -3.14. The maximum atomic E-state index is 12.3. The minimum Gasteiger partial charge on any atom is -0.323 e. The third-order valence-corrected chi connectivity index (χ3v) is 7.04. The third kappa shape index (κ3) is 5.01. The Hall–Kier alpha value is -0.480. The number of aryl methyl sites for hydroxylation is 1. The number of benzene rings is 1. The Morgan fingerprint density at radius 1 is 1.17 bits per heavy atom. The van der Waals surface area contributed by atoms with Gasteiger partial charge in [0, 0.05) is 35.1 Å². The van der Waals surface area contributed by atoms with Crippen molar-refractivity contribution in [3.8, 4) is 0 Å². The van der Waals surface area contributed by atoms with Gasteiger partial charge in [-0.25, -0.2) is 8.42 Å². The van der Waals surface area contributed by atoms with Gasteiger partial charge in [-0.15, -0.1) is 0 Å². The van der Waals surface area contributed by atoms with Crippen LogP contribution in [0.5, 0.6) is 0 Å². The highest BCUT2D eigenvalue weighted by Gasteiger charge is 2.26. The fourth-order valence-corrected chi connectivity index (χ4v) is 5.25. The summed E-state index contributed by atoms with van der Waals surface area (Å²) in [6.45, 7) is 5.85. The van der Waals surface area contributed by atoms with Crippen LogP contribution in [0.1, 0.15) is 12.5 Å². The summed E-state index contributed by atoms with van der Waals surface area (Å²) in [5, 5.41) is 2.90. The number of carbonyl (C=O) groups excluding carboxylic acids is 1. The number of piperazine rings is 1. The van der Waals surface area contributed by atoms with Crippen molar-refractivity contribution in [1.29, 1.82) is 0 Å². The van der Waals surface area contributed by atoms with E-state index in [4.69, 9.17) is 0 Å². The average Bonchev–Trinajstić information content (AvgIpc) is 2.51. The van der Waals surface area contributed by atoms with Gasteiger partial charge in [0.2, 0.25) is 15.9 Å². The summed E-state index contributed by atoms with van der Waals surface area (Å²) in [6, 6.07) is 3.88. The minimum absolute atomic E-state index is 0.114. The zero-order valence-corrected chi connectivity index (χ0v) is 17.7. The molecule has 1 aliphatic rings. The molecule has 0 atom stereocenters. The molecule has 2 rings (SSSR count). The maximum absolute atomic E-state index is 12.3. The second-order valence-electron chi connectivity index (χ2n) is 5.73. The number of anilines is 1. The van der Waals surface area contributed by atoms with Crippen molar-refractivity contribution in [2.45, 2.75) is 13.8 Å². The number of amides is 1. The lowest BCUT2D eigenvalue weighted by Crippen LogP contribution is -2.50. The van der Waals surface area contributed by atoms with E-state index in [9.17, 15) is 13.2 Å². The van der Waals surface area contributed by atoms with Crippen molar-refractivity contribution in [1.82, 2.24) is 9.21 Å². The van der Waals surface area contributed by atoms with E-state index in [0.717, 1.165) is 14.5 Å². The van der Waals surface area contributed by atoms with Crippen molar-refractivity contribution >= 4 is 53.5 Å². The predicted octanol–water partition coefficient (Wildman–Crippen LogP) is 2.43. The number of halogens is 2. The van der Waals surface area contributed by atoms with Crippen LogP contribution in [-0.2, 0) is 14.8 Å². The summed E-state index contributed by atoms with van der Waals surface area (Å²) in [5.41, 5.74) is 1.79. The molecular weight excluding hydrogens is 462 g/mol. The molecule has 9 heteroatoms. The van der Waals surface area contributed by atoms with E-state index in [1.807, 2.05) is 24.0 Å². The van der Waals surface area contributed by atoms with Gasteiger partial charge in [0.1, 0.15) is 0 Å². The molecule has 0 aliphatic carbocycles. The SMILES string of the molecule is CCS(=O)(=O)N1CCN(CC(=O)Nc2c(Br)cc(C)cc2Br)CC1. The fraction of sp³-hybridized carbons (Fsp3) is 0.533. The number of nitrogens with one attached hydrogen (secondary N) is 1. The number of carbonyl (C=O) groups is 1. The molecule has 6 nitrogen and oxygen atoms in total. The number of sulfonamides is 1. The van der Waals surface area contributed by atoms with Crippen LogP contribution in [0.4, 0.5) is 5.69 Å². The van der Waals surface area contributed by atoms with Crippen molar-refractivity contribution < 1.29 is 13.2 Å². The van der Waals surface area contributed by atoms with Gasteiger partial charge in [-0.1, -0.05) is 0 Å². The lowest BCUT2D eigenvalue weighted by Gasteiger charge is -2.33. The Labute approximate surface area is 159 Å². The molecule has 1 aromatic rings. The van der Waals surface area contributed by atoms with E-state index in [1.165, 1.54) is 4.31 Å². The van der Waals surface area contributed by atoms with Crippen LogP contribution in [0.3, 0.4) is 0 Å². The highest BCUT2D eigenvalue weighted by Crippen LogP contribution is 2.32. The van der Waals surface area contributed by atoms with Crippen LogP contribution in [0.2, 0.25) is 0 Å². The topological polar surface area (TPSA) is 69.7 Å². The molecule has 1 aliphatic heterocycles. The monoisotopic (exact) mass is 481 g/mol. The molecule has 1 heterocycles. The first-order valence-electron chi connectivity index (χ1n) is 7.68. The summed E-state index contributed by atoms with van der Waals surface area (Å²) in [6.07, 6.45) is 0.